The number of fused-ring (bicyclic) bond motifs is 3. The van der Waals surface area contributed by atoms with Gasteiger partial charge in [-0.1, -0.05) is 36.4 Å². The van der Waals surface area contributed by atoms with Gasteiger partial charge in [-0.05, 0) is 29.0 Å². The van der Waals surface area contributed by atoms with E-state index < -0.39 is 0 Å². The molecule has 1 aliphatic carbocycles. The highest BCUT2D eigenvalue weighted by molar-refractivity contribution is 6.30. The Balaban J connectivity index is 0.00000156. The molecule has 0 atom stereocenters. The van der Waals surface area contributed by atoms with Crippen LogP contribution in [0.1, 0.15) is 31.8 Å². The van der Waals surface area contributed by atoms with Crippen LogP contribution in [0.15, 0.2) is 54.6 Å². The fraction of sp³-hybridized carbons (Fsp3) is 0.0526. The second-order valence-corrected chi connectivity index (χ2v) is 5.29. The van der Waals surface area contributed by atoms with E-state index in [-0.39, 0.29) is 24.0 Å². The summed E-state index contributed by atoms with van der Waals surface area (Å²) in [6, 6.07) is 16.4. The van der Waals surface area contributed by atoms with Crippen molar-refractivity contribution >= 4 is 34.7 Å². The fourth-order valence-corrected chi connectivity index (χ4v) is 3.02. The van der Waals surface area contributed by atoms with Crippen molar-refractivity contribution in [2.75, 3.05) is 7.11 Å². The first-order valence-corrected chi connectivity index (χ1v) is 7.00. The molecule has 0 unspecified atom stereocenters. The van der Waals surface area contributed by atoms with E-state index in [9.17, 15) is 9.59 Å². The molecule has 0 N–H and O–H groups in total. The highest BCUT2D eigenvalue weighted by Gasteiger charge is 2.32. The van der Waals surface area contributed by atoms with Gasteiger partial charge < -0.3 is 4.74 Å². The zero-order valence-corrected chi connectivity index (χ0v) is 13.1. The molecule has 4 rings (SSSR count). The van der Waals surface area contributed by atoms with Crippen LogP contribution in [0.5, 0.6) is 5.75 Å². The lowest BCUT2D eigenvalue weighted by atomic mass is 9.82. The van der Waals surface area contributed by atoms with Gasteiger partial charge >= 0.3 is 0 Å². The third kappa shape index (κ3) is 2.13. The van der Waals surface area contributed by atoms with Crippen molar-refractivity contribution in [2.24, 2.45) is 0 Å². The summed E-state index contributed by atoms with van der Waals surface area (Å²) in [5.74, 6) is 0.150. The van der Waals surface area contributed by atoms with Crippen LogP contribution in [-0.4, -0.2) is 18.7 Å². The quantitative estimate of drug-likeness (QED) is 0.530. The van der Waals surface area contributed by atoms with Gasteiger partial charge in [0.15, 0.2) is 11.6 Å². The van der Waals surface area contributed by atoms with Gasteiger partial charge in [-0.3, -0.25) is 9.59 Å². The fourth-order valence-electron chi connectivity index (χ4n) is 3.02. The summed E-state index contributed by atoms with van der Waals surface area (Å²) in [5, 5.41) is 1.90. The van der Waals surface area contributed by atoms with E-state index in [0.717, 1.165) is 10.8 Å². The SMILES string of the molecule is COc1cccc2c1C(=O)c1cc3ccccc3cc1C2=O.Cl. The minimum atomic E-state index is -0.159. The topological polar surface area (TPSA) is 43.4 Å². The molecule has 0 saturated heterocycles. The maximum Gasteiger partial charge on any atom is 0.198 e. The average molecular weight is 325 g/mol. The molecule has 114 valence electrons. The highest BCUT2D eigenvalue weighted by atomic mass is 35.5. The van der Waals surface area contributed by atoms with Gasteiger partial charge in [0, 0.05) is 16.7 Å². The Bertz CT molecular complexity index is 960. The summed E-state index contributed by atoms with van der Waals surface area (Å²) in [7, 11) is 1.50. The summed E-state index contributed by atoms with van der Waals surface area (Å²) >= 11 is 0. The Kier molecular flexibility index (Phi) is 3.66. The largest absolute Gasteiger partial charge is 0.496 e. The van der Waals surface area contributed by atoms with Crippen LogP contribution in [0.3, 0.4) is 0 Å². The minimum Gasteiger partial charge on any atom is -0.496 e. The van der Waals surface area contributed by atoms with Crippen LogP contribution in [-0.2, 0) is 0 Å². The van der Waals surface area contributed by atoms with Gasteiger partial charge in [0.25, 0.3) is 0 Å². The first kappa shape index (κ1) is 15.3. The molecule has 0 bridgehead atoms. The Morgan fingerprint density at radius 2 is 1.35 bits per heavy atom. The van der Waals surface area contributed by atoms with Gasteiger partial charge in [-0.15, -0.1) is 12.4 Å². The summed E-state index contributed by atoms with van der Waals surface area (Å²) in [5.41, 5.74) is 1.68. The first-order valence-electron chi connectivity index (χ1n) is 7.00. The van der Waals surface area contributed by atoms with Crippen molar-refractivity contribution in [3.05, 3.63) is 76.9 Å². The van der Waals surface area contributed by atoms with Crippen molar-refractivity contribution in [2.45, 2.75) is 0 Å². The number of hydrogen-bond donors (Lipinski definition) is 0. The highest BCUT2D eigenvalue weighted by Crippen LogP contribution is 2.34. The number of methoxy groups -OCH3 is 1. The van der Waals surface area contributed by atoms with E-state index in [2.05, 4.69) is 0 Å². The van der Waals surface area contributed by atoms with Crippen LogP contribution in [0.4, 0.5) is 0 Å². The van der Waals surface area contributed by atoms with Crippen LogP contribution in [0.2, 0.25) is 0 Å². The Hall–Kier alpha value is -2.65. The van der Waals surface area contributed by atoms with E-state index in [4.69, 9.17) is 4.74 Å². The van der Waals surface area contributed by atoms with Crippen molar-refractivity contribution in [3.63, 3.8) is 0 Å². The molecule has 0 fully saturated rings. The second-order valence-electron chi connectivity index (χ2n) is 5.29. The maximum atomic E-state index is 12.8. The number of hydrogen-bond acceptors (Lipinski definition) is 3. The molecule has 0 saturated carbocycles. The molecule has 0 aliphatic heterocycles. The molecule has 0 amide bonds. The lowest BCUT2D eigenvalue weighted by Crippen LogP contribution is -2.21. The first-order chi connectivity index (χ1) is 10.7. The van der Waals surface area contributed by atoms with E-state index in [0.29, 0.717) is 28.0 Å². The molecule has 3 nitrogen and oxygen atoms in total. The number of benzene rings is 3. The van der Waals surface area contributed by atoms with E-state index in [1.807, 2.05) is 24.3 Å². The standard InChI is InChI=1S/C19H12O3.ClH/c1-22-16-8-4-7-13-17(16)19(21)15-10-12-6-3-2-5-11(12)9-14(15)18(13)20;/h2-10H,1H3;1H. The number of ketones is 2. The van der Waals surface area contributed by atoms with Gasteiger partial charge in [-0.2, -0.15) is 0 Å². The summed E-state index contributed by atoms with van der Waals surface area (Å²) in [6.07, 6.45) is 0. The summed E-state index contributed by atoms with van der Waals surface area (Å²) in [6.45, 7) is 0. The Labute approximate surface area is 139 Å². The summed E-state index contributed by atoms with van der Waals surface area (Å²) in [4.78, 5) is 25.6. The van der Waals surface area contributed by atoms with Crippen molar-refractivity contribution in [1.82, 2.24) is 0 Å². The minimum absolute atomic E-state index is 0. The Morgan fingerprint density at radius 1 is 0.739 bits per heavy atom. The number of halogens is 1. The molecule has 1 aliphatic rings. The van der Waals surface area contributed by atoms with E-state index in [1.165, 1.54) is 7.11 Å². The predicted molar refractivity (Wildman–Crippen MR) is 91.1 cm³/mol. The third-order valence-electron chi connectivity index (χ3n) is 4.09. The van der Waals surface area contributed by atoms with Crippen molar-refractivity contribution < 1.29 is 14.3 Å². The van der Waals surface area contributed by atoms with Crippen LogP contribution in [0.25, 0.3) is 10.8 Å². The normalized spacial score (nSPS) is 12.4. The van der Waals surface area contributed by atoms with E-state index in [1.54, 1.807) is 30.3 Å². The second kappa shape index (κ2) is 5.52. The molecule has 23 heavy (non-hydrogen) atoms. The molecule has 0 heterocycles. The van der Waals surface area contributed by atoms with Gasteiger partial charge in [0.1, 0.15) is 5.75 Å². The molecule has 3 aromatic carbocycles. The van der Waals surface area contributed by atoms with Gasteiger partial charge in [0.05, 0.1) is 12.7 Å². The summed E-state index contributed by atoms with van der Waals surface area (Å²) < 4.78 is 5.26. The predicted octanol–water partition coefficient (Wildman–Crippen LogP) is 4.05. The smallest absolute Gasteiger partial charge is 0.198 e. The molecule has 0 spiro atoms. The monoisotopic (exact) mass is 324 g/mol. The molecular formula is C19H13ClO3. The van der Waals surface area contributed by atoms with E-state index >= 15 is 0 Å². The lowest BCUT2D eigenvalue weighted by molar-refractivity contribution is 0.0977. The molecular weight excluding hydrogens is 312 g/mol. The van der Waals surface area contributed by atoms with Crippen LogP contribution in [0, 0.1) is 0 Å². The van der Waals surface area contributed by atoms with Crippen LogP contribution < -0.4 is 4.74 Å². The number of carbonyl (C=O) groups is 2. The average Bonchev–Trinajstić information content (AvgIpc) is 2.57. The molecule has 0 radical (unpaired) electrons. The molecule has 0 aromatic heterocycles. The number of rotatable bonds is 1. The zero-order valence-electron chi connectivity index (χ0n) is 12.3. The van der Waals surface area contributed by atoms with Gasteiger partial charge in [-0.25, -0.2) is 0 Å². The van der Waals surface area contributed by atoms with Gasteiger partial charge in [0.2, 0.25) is 0 Å². The van der Waals surface area contributed by atoms with Crippen LogP contribution >= 0.6 is 12.4 Å². The maximum absolute atomic E-state index is 12.8. The molecule has 3 aromatic rings. The molecule has 4 heteroatoms. The number of ether oxygens (including phenoxy) is 1. The zero-order chi connectivity index (χ0) is 15.3. The third-order valence-corrected chi connectivity index (χ3v) is 4.09. The van der Waals surface area contributed by atoms with Crippen molar-refractivity contribution in [1.29, 1.82) is 0 Å². The number of carbonyl (C=O) groups excluding carboxylic acids is 2. The Morgan fingerprint density at radius 3 is 1.96 bits per heavy atom. The lowest BCUT2D eigenvalue weighted by Gasteiger charge is -2.20. The van der Waals surface area contributed by atoms with Crippen molar-refractivity contribution in [3.8, 4) is 5.75 Å².